The Morgan fingerprint density at radius 3 is 2.94 bits per heavy atom. The lowest BCUT2D eigenvalue weighted by atomic mass is 9.94. The highest BCUT2D eigenvalue weighted by atomic mass is 16.2. The number of benzene rings is 1. The minimum atomic E-state index is 0.210. The van der Waals surface area contributed by atoms with Crippen LogP contribution in [0.2, 0.25) is 0 Å². The molecule has 3 heteroatoms. The molecule has 2 unspecified atom stereocenters. The van der Waals surface area contributed by atoms with E-state index in [1.807, 2.05) is 18.2 Å². The first-order valence-corrected chi connectivity index (χ1v) is 6.90. The zero-order valence-corrected chi connectivity index (χ0v) is 10.6. The van der Waals surface area contributed by atoms with Gasteiger partial charge in [-0.2, -0.15) is 0 Å². The van der Waals surface area contributed by atoms with Gasteiger partial charge in [0, 0.05) is 18.2 Å². The Morgan fingerprint density at radius 2 is 2.11 bits per heavy atom. The van der Waals surface area contributed by atoms with Gasteiger partial charge in [-0.3, -0.25) is 4.79 Å². The number of nitrogens with two attached hydrogens (primary N) is 1. The fourth-order valence-corrected chi connectivity index (χ4v) is 3.46. The van der Waals surface area contributed by atoms with Crippen molar-refractivity contribution in [3.8, 4) is 0 Å². The molecule has 2 N–H and O–H groups in total. The van der Waals surface area contributed by atoms with Crippen molar-refractivity contribution in [1.29, 1.82) is 0 Å². The number of amides is 1. The van der Waals surface area contributed by atoms with Gasteiger partial charge in [0.25, 0.3) is 5.91 Å². The first-order valence-electron chi connectivity index (χ1n) is 6.90. The van der Waals surface area contributed by atoms with Gasteiger partial charge < -0.3 is 10.6 Å². The molecule has 1 aliphatic carbocycles. The molecule has 1 aromatic rings. The predicted octanol–water partition coefficient (Wildman–Crippen LogP) is 1.81. The maximum atomic E-state index is 12.6. The lowest BCUT2D eigenvalue weighted by Gasteiger charge is -2.36. The molecule has 2 atom stereocenters. The number of carbonyl (C=O) groups is 1. The van der Waals surface area contributed by atoms with Crippen LogP contribution in [0, 0.1) is 5.92 Å². The van der Waals surface area contributed by atoms with Crippen LogP contribution in [0.1, 0.15) is 35.2 Å². The molecule has 1 heterocycles. The van der Waals surface area contributed by atoms with Crippen LogP contribution in [-0.2, 0) is 6.42 Å². The Bertz CT molecular complexity index is 458. The summed E-state index contributed by atoms with van der Waals surface area (Å²) < 4.78 is 0. The summed E-state index contributed by atoms with van der Waals surface area (Å²) in [5.41, 5.74) is 7.92. The van der Waals surface area contributed by atoms with Crippen molar-refractivity contribution in [2.24, 2.45) is 11.7 Å². The van der Waals surface area contributed by atoms with Crippen molar-refractivity contribution < 1.29 is 4.79 Å². The number of carbonyl (C=O) groups excluding carboxylic acids is 1. The Hall–Kier alpha value is -1.35. The van der Waals surface area contributed by atoms with Crippen molar-refractivity contribution in [3.05, 3.63) is 35.4 Å². The van der Waals surface area contributed by atoms with E-state index in [0.29, 0.717) is 18.5 Å². The molecule has 0 spiro atoms. The summed E-state index contributed by atoms with van der Waals surface area (Å²) >= 11 is 0. The van der Waals surface area contributed by atoms with E-state index in [9.17, 15) is 4.79 Å². The van der Waals surface area contributed by atoms with Crippen LogP contribution in [0.5, 0.6) is 0 Å². The van der Waals surface area contributed by atoms with Gasteiger partial charge in [0.15, 0.2) is 0 Å². The summed E-state index contributed by atoms with van der Waals surface area (Å²) in [6.45, 7) is 1.56. The van der Waals surface area contributed by atoms with E-state index in [1.165, 1.54) is 18.4 Å². The molecular weight excluding hydrogens is 224 g/mol. The molecule has 1 aliphatic heterocycles. The van der Waals surface area contributed by atoms with Crippen LogP contribution in [0.4, 0.5) is 0 Å². The number of fused-ring (bicyclic) bond motifs is 1. The summed E-state index contributed by atoms with van der Waals surface area (Å²) in [6.07, 6.45) is 4.48. The average molecular weight is 244 g/mol. The number of hydrogen-bond donors (Lipinski definition) is 1. The van der Waals surface area contributed by atoms with Gasteiger partial charge in [-0.15, -0.1) is 0 Å². The summed E-state index contributed by atoms with van der Waals surface area (Å²) in [5.74, 6) is 0.710. The molecule has 3 rings (SSSR count). The summed E-state index contributed by atoms with van der Waals surface area (Å²) in [6, 6.07) is 8.36. The number of rotatable bonds is 2. The predicted molar refractivity (Wildman–Crippen MR) is 71.4 cm³/mol. The van der Waals surface area contributed by atoms with Gasteiger partial charge in [-0.05, 0) is 43.4 Å². The largest absolute Gasteiger partial charge is 0.335 e. The molecule has 2 aliphatic rings. The Morgan fingerprint density at radius 1 is 1.28 bits per heavy atom. The molecular formula is C15H20N2O. The molecule has 1 aromatic carbocycles. The summed E-state index contributed by atoms with van der Waals surface area (Å²) in [7, 11) is 0. The zero-order chi connectivity index (χ0) is 12.5. The number of nitrogens with zero attached hydrogens (tertiary/aromatic N) is 1. The molecule has 0 aromatic heterocycles. The summed E-state index contributed by atoms with van der Waals surface area (Å²) in [4.78, 5) is 14.6. The van der Waals surface area contributed by atoms with Crippen LogP contribution >= 0.6 is 0 Å². The SMILES string of the molecule is NCC1CCCC1N1CCc2ccccc2C1=O. The van der Waals surface area contributed by atoms with Gasteiger partial charge in [0.1, 0.15) is 0 Å². The maximum Gasteiger partial charge on any atom is 0.254 e. The van der Waals surface area contributed by atoms with Crippen LogP contribution in [-0.4, -0.2) is 29.9 Å². The quantitative estimate of drug-likeness (QED) is 0.862. The highest BCUT2D eigenvalue weighted by Gasteiger charge is 2.36. The van der Waals surface area contributed by atoms with Crippen LogP contribution < -0.4 is 5.73 Å². The molecule has 18 heavy (non-hydrogen) atoms. The van der Waals surface area contributed by atoms with Crippen LogP contribution in [0.3, 0.4) is 0 Å². The molecule has 96 valence electrons. The van der Waals surface area contributed by atoms with Crippen molar-refractivity contribution in [2.75, 3.05) is 13.1 Å². The van der Waals surface area contributed by atoms with Gasteiger partial charge in [-0.1, -0.05) is 24.6 Å². The number of hydrogen-bond acceptors (Lipinski definition) is 2. The smallest absolute Gasteiger partial charge is 0.254 e. The van der Waals surface area contributed by atoms with Crippen molar-refractivity contribution in [3.63, 3.8) is 0 Å². The third kappa shape index (κ3) is 1.83. The Kier molecular flexibility index (Phi) is 3.08. The van der Waals surface area contributed by atoms with E-state index >= 15 is 0 Å². The van der Waals surface area contributed by atoms with E-state index in [-0.39, 0.29) is 5.91 Å². The van der Waals surface area contributed by atoms with E-state index in [4.69, 9.17) is 5.73 Å². The minimum Gasteiger partial charge on any atom is -0.335 e. The van der Waals surface area contributed by atoms with Crippen LogP contribution in [0.25, 0.3) is 0 Å². The molecule has 1 saturated carbocycles. The topological polar surface area (TPSA) is 46.3 Å². The Labute approximate surface area is 108 Å². The third-order valence-corrected chi connectivity index (χ3v) is 4.45. The molecule has 0 saturated heterocycles. The maximum absolute atomic E-state index is 12.6. The highest BCUT2D eigenvalue weighted by Crippen LogP contribution is 2.32. The second kappa shape index (κ2) is 4.73. The van der Waals surface area contributed by atoms with E-state index in [2.05, 4.69) is 11.0 Å². The standard InChI is InChI=1S/C15H20N2O/c16-10-12-5-3-7-14(12)17-9-8-11-4-1-2-6-13(11)15(17)18/h1-2,4,6,12,14H,3,5,7-10,16H2. The molecule has 0 bridgehead atoms. The monoisotopic (exact) mass is 244 g/mol. The van der Waals surface area contributed by atoms with Gasteiger partial charge in [0.2, 0.25) is 0 Å². The average Bonchev–Trinajstić information content (AvgIpc) is 2.88. The van der Waals surface area contributed by atoms with E-state index in [0.717, 1.165) is 24.9 Å². The fraction of sp³-hybridized carbons (Fsp3) is 0.533. The molecule has 1 amide bonds. The second-order valence-electron chi connectivity index (χ2n) is 5.40. The van der Waals surface area contributed by atoms with Gasteiger partial charge in [-0.25, -0.2) is 0 Å². The first kappa shape index (κ1) is 11.7. The minimum absolute atomic E-state index is 0.210. The first-order chi connectivity index (χ1) is 8.81. The van der Waals surface area contributed by atoms with Crippen molar-refractivity contribution >= 4 is 5.91 Å². The van der Waals surface area contributed by atoms with Crippen LogP contribution in [0.15, 0.2) is 24.3 Å². The van der Waals surface area contributed by atoms with Crippen molar-refractivity contribution in [1.82, 2.24) is 4.90 Å². The van der Waals surface area contributed by atoms with Gasteiger partial charge in [0.05, 0.1) is 0 Å². The molecule has 3 nitrogen and oxygen atoms in total. The van der Waals surface area contributed by atoms with E-state index < -0.39 is 0 Å². The second-order valence-corrected chi connectivity index (χ2v) is 5.40. The van der Waals surface area contributed by atoms with Crippen molar-refractivity contribution in [2.45, 2.75) is 31.7 Å². The third-order valence-electron chi connectivity index (χ3n) is 4.45. The van der Waals surface area contributed by atoms with Gasteiger partial charge >= 0.3 is 0 Å². The zero-order valence-electron chi connectivity index (χ0n) is 10.6. The lowest BCUT2D eigenvalue weighted by Crippen LogP contribution is -2.47. The van der Waals surface area contributed by atoms with E-state index in [1.54, 1.807) is 0 Å². The molecule has 1 fully saturated rings. The highest BCUT2D eigenvalue weighted by molar-refractivity contribution is 5.97. The lowest BCUT2D eigenvalue weighted by molar-refractivity contribution is 0.0619. The Balaban J connectivity index is 1.86. The molecule has 0 radical (unpaired) electrons. The summed E-state index contributed by atoms with van der Waals surface area (Å²) in [5, 5.41) is 0. The fourth-order valence-electron chi connectivity index (χ4n) is 3.46. The normalized spacial score (nSPS) is 27.4.